The minimum absolute atomic E-state index is 0.0405. The van der Waals surface area contributed by atoms with E-state index in [1.54, 1.807) is 11.9 Å². The van der Waals surface area contributed by atoms with Crippen LogP contribution >= 0.6 is 0 Å². The van der Waals surface area contributed by atoms with Gasteiger partial charge in [0.25, 0.3) is 5.91 Å². The highest BCUT2D eigenvalue weighted by atomic mass is 32.2. The molecule has 0 saturated carbocycles. The van der Waals surface area contributed by atoms with Gasteiger partial charge in [-0.1, -0.05) is 30.3 Å². The van der Waals surface area contributed by atoms with Gasteiger partial charge in [0.05, 0.1) is 31.1 Å². The summed E-state index contributed by atoms with van der Waals surface area (Å²) in [5.74, 6) is -0.427. The second-order valence-electron chi connectivity index (χ2n) is 7.42. The second-order valence-corrected chi connectivity index (χ2v) is 9.36. The maximum Gasteiger partial charge on any atom is 0.280 e. The summed E-state index contributed by atoms with van der Waals surface area (Å²) >= 11 is 0. The average Bonchev–Trinajstić information content (AvgIpc) is 2.73. The molecule has 0 unspecified atom stereocenters. The third kappa shape index (κ3) is 5.01. The molecule has 0 bridgehead atoms. The van der Waals surface area contributed by atoms with Gasteiger partial charge in [0.2, 0.25) is 10.0 Å². The summed E-state index contributed by atoms with van der Waals surface area (Å²) in [5.41, 5.74) is 1.07. The number of quaternary nitrogens is 1. The first-order valence-corrected chi connectivity index (χ1v) is 11.1. The number of rotatable bonds is 6. The van der Waals surface area contributed by atoms with Crippen molar-refractivity contribution in [1.29, 1.82) is 0 Å². The van der Waals surface area contributed by atoms with Crippen LogP contribution in [0.5, 0.6) is 0 Å². The maximum absolute atomic E-state index is 13.1. The van der Waals surface area contributed by atoms with Gasteiger partial charge in [-0.3, -0.25) is 4.79 Å². The summed E-state index contributed by atoms with van der Waals surface area (Å²) in [4.78, 5) is 15.7. The number of carbonyl (C=O) groups is 1. The molecule has 1 N–H and O–H groups in total. The summed E-state index contributed by atoms with van der Waals surface area (Å²) in [7, 11) is -1.86. The van der Waals surface area contributed by atoms with E-state index in [1.807, 2.05) is 37.3 Å². The molecule has 1 amide bonds. The number of benzene rings is 2. The number of piperazine rings is 1. The van der Waals surface area contributed by atoms with E-state index < -0.39 is 15.8 Å². The minimum atomic E-state index is -3.65. The normalized spacial score (nSPS) is 17.1. The van der Waals surface area contributed by atoms with E-state index in [9.17, 15) is 17.6 Å². The zero-order chi connectivity index (χ0) is 21.0. The van der Waals surface area contributed by atoms with Gasteiger partial charge in [-0.05, 0) is 36.8 Å². The van der Waals surface area contributed by atoms with Crippen molar-refractivity contribution < 1.29 is 22.5 Å². The maximum atomic E-state index is 13.1. The van der Waals surface area contributed by atoms with Crippen molar-refractivity contribution in [3.05, 3.63) is 66.0 Å². The van der Waals surface area contributed by atoms with Gasteiger partial charge in [0.1, 0.15) is 5.82 Å². The first-order chi connectivity index (χ1) is 13.8. The van der Waals surface area contributed by atoms with Crippen LogP contribution in [0.3, 0.4) is 0 Å². The Labute approximate surface area is 171 Å². The summed E-state index contributed by atoms with van der Waals surface area (Å²) < 4.78 is 40.0. The molecule has 0 aromatic heterocycles. The fraction of sp³-hybridized carbons (Fsp3) is 0.381. The van der Waals surface area contributed by atoms with Gasteiger partial charge in [0.15, 0.2) is 6.04 Å². The van der Waals surface area contributed by atoms with Crippen LogP contribution in [0.25, 0.3) is 0 Å². The van der Waals surface area contributed by atoms with Crippen molar-refractivity contribution in [3.8, 4) is 0 Å². The van der Waals surface area contributed by atoms with Gasteiger partial charge >= 0.3 is 0 Å². The Morgan fingerprint density at radius 3 is 2.28 bits per heavy atom. The molecule has 2 aromatic carbocycles. The third-order valence-corrected chi connectivity index (χ3v) is 7.35. The van der Waals surface area contributed by atoms with E-state index in [-0.39, 0.29) is 16.8 Å². The van der Waals surface area contributed by atoms with E-state index >= 15 is 0 Å². The SMILES string of the molecule is C[C@H](C(=O)N(C)Cc1ccccc1)[NH+]1CCN(S(=O)(=O)c2ccc(F)cc2)CC1. The van der Waals surface area contributed by atoms with Gasteiger partial charge in [-0.2, -0.15) is 4.31 Å². The smallest absolute Gasteiger partial charge is 0.280 e. The van der Waals surface area contributed by atoms with Crippen LogP contribution < -0.4 is 4.90 Å². The van der Waals surface area contributed by atoms with Crippen LogP contribution in [-0.4, -0.2) is 62.8 Å². The Bertz CT molecular complexity index is 927. The van der Waals surface area contributed by atoms with E-state index in [2.05, 4.69) is 0 Å². The number of sulfonamides is 1. The monoisotopic (exact) mass is 420 g/mol. The second kappa shape index (κ2) is 9.02. The molecule has 1 aliphatic rings. The molecule has 1 aliphatic heterocycles. The fourth-order valence-corrected chi connectivity index (χ4v) is 5.08. The topological polar surface area (TPSA) is 62.1 Å². The van der Waals surface area contributed by atoms with Gasteiger partial charge in [0, 0.05) is 13.6 Å². The molecular formula is C21H27FN3O3S+. The van der Waals surface area contributed by atoms with Crippen molar-refractivity contribution in [2.45, 2.75) is 24.4 Å². The molecule has 156 valence electrons. The highest BCUT2D eigenvalue weighted by Crippen LogP contribution is 2.16. The summed E-state index contributed by atoms with van der Waals surface area (Å²) in [6.07, 6.45) is 0. The van der Waals surface area contributed by atoms with Crippen molar-refractivity contribution in [2.75, 3.05) is 33.2 Å². The van der Waals surface area contributed by atoms with E-state index in [0.29, 0.717) is 32.7 Å². The lowest BCUT2D eigenvalue weighted by Crippen LogP contribution is -3.19. The average molecular weight is 421 g/mol. The zero-order valence-electron chi connectivity index (χ0n) is 16.7. The molecule has 0 radical (unpaired) electrons. The predicted octanol–water partition coefficient (Wildman–Crippen LogP) is 0.762. The van der Waals surface area contributed by atoms with E-state index in [1.165, 1.54) is 16.4 Å². The highest BCUT2D eigenvalue weighted by Gasteiger charge is 2.35. The molecule has 8 heteroatoms. The fourth-order valence-electron chi connectivity index (χ4n) is 3.64. The summed E-state index contributed by atoms with van der Waals surface area (Å²) in [6.45, 7) is 4.19. The zero-order valence-corrected chi connectivity index (χ0v) is 17.5. The van der Waals surface area contributed by atoms with Crippen molar-refractivity contribution in [1.82, 2.24) is 9.21 Å². The first-order valence-electron chi connectivity index (χ1n) is 9.68. The van der Waals surface area contributed by atoms with E-state index in [4.69, 9.17) is 0 Å². The Hall–Kier alpha value is -2.29. The number of hydrogen-bond donors (Lipinski definition) is 1. The molecule has 1 atom stereocenters. The Morgan fingerprint density at radius 2 is 1.69 bits per heavy atom. The van der Waals surface area contributed by atoms with E-state index in [0.717, 1.165) is 22.6 Å². The lowest BCUT2D eigenvalue weighted by Gasteiger charge is -2.35. The Morgan fingerprint density at radius 1 is 1.10 bits per heavy atom. The first kappa shape index (κ1) is 21.4. The standard InChI is InChI=1S/C21H26FN3O3S/c1-17(21(26)23(2)16-18-6-4-3-5-7-18)24-12-14-25(15-13-24)29(27,28)20-10-8-19(22)9-11-20/h3-11,17H,12-16H2,1-2H3/p+1/t17-/m1/s1. The number of likely N-dealkylation sites (N-methyl/N-ethyl adjacent to an activating group) is 1. The number of halogens is 1. The minimum Gasteiger partial charge on any atom is -0.336 e. The largest absolute Gasteiger partial charge is 0.336 e. The van der Waals surface area contributed by atoms with Crippen molar-refractivity contribution in [2.24, 2.45) is 0 Å². The van der Waals surface area contributed by atoms with Crippen molar-refractivity contribution >= 4 is 15.9 Å². The van der Waals surface area contributed by atoms with Crippen LogP contribution in [0, 0.1) is 5.82 Å². The quantitative estimate of drug-likeness (QED) is 0.751. The lowest BCUT2D eigenvalue weighted by molar-refractivity contribution is -0.918. The molecule has 6 nitrogen and oxygen atoms in total. The van der Waals surface area contributed by atoms with Crippen LogP contribution in [0.15, 0.2) is 59.5 Å². The number of carbonyl (C=O) groups excluding carboxylic acids is 1. The molecule has 1 heterocycles. The van der Waals surface area contributed by atoms with Crippen LogP contribution in [0.4, 0.5) is 4.39 Å². The number of nitrogens with one attached hydrogen (secondary N) is 1. The van der Waals surface area contributed by atoms with Gasteiger partial charge in [-0.15, -0.1) is 0 Å². The molecule has 2 aromatic rings. The number of amides is 1. The summed E-state index contributed by atoms with van der Waals surface area (Å²) in [5, 5.41) is 0. The molecule has 1 saturated heterocycles. The van der Waals surface area contributed by atoms with Crippen molar-refractivity contribution in [3.63, 3.8) is 0 Å². The Balaban J connectivity index is 1.58. The predicted molar refractivity (Wildman–Crippen MR) is 108 cm³/mol. The van der Waals surface area contributed by atoms with Crippen LogP contribution in [0.2, 0.25) is 0 Å². The number of hydrogen-bond acceptors (Lipinski definition) is 3. The van der Waals surface area contributed by atoms with Gasteiger partial charge < -0.3 is 9.80 Å². The third-order valence-electron chi connectivity index (χ3n) is 5.44. The van der Waals surface area contributed by atoms with Crippen LogP contribution in [-0.2, 0) is 21.4 Å². The molecule has 1 fully saturated rings. The number of nitrogens with zero attached hydrogens (tertiary/aromatic N) is 2. The Kier molecular flexibility index (Phi) is 6.66. The lowest BCUT2D eigenvalue weighted by atomic mass is 10.2. The molecule has 29 heavy (non-hydrogen) atoms. The molecule has 0 aliphatic carbocycles. The van der Waals surface area contributed by atoms with Gasteiger partial charge in [-0.25, -0.2) is 12.8 Å². The van der Waals surface area contributed by atoms with Crippen LogP contribution in [0.1, 0.15) is 12.5 Å². The highest BCUT2D eigenvalue weighted by molar-refractivity contribution is 7.89. The molecule has 0 spiro atoms. The summed E-state index contributed by atoms with van der Waals surface area (Å²) in [6, 6.07) is 14.4. The molecule has 3 rings (SSSR count). The molecular weight excluding hydrogens is 393 g/mol.